The van der Waals surface area contributed by atoms with Crippen molar-refractivity contribution < 1.29 is 21.1 Å². The van der Waals surface area contributed by atoms with E-state index < -0.39 is 0 Å². The van der Waals surface area contributed by atoms with Crippen molar-refractivity contribution >= 4 is 56.2 Å². The number of hydrogen-bond acceptors (Lipinski definition) is 1. The normalized spacial score (nSPS) is 6.54. The fourth-order valence-electron chi connectivity index (χ4n) is 0.542. The molecule has 0 aromatic carbocycles. The van der Waals surface area contributed by atoms with Gasteiger partial charge in [0.15, 0.2) is 0 Å². The van der Waals surface area contributed by atoms with Crippen molar-refractivity contribution in [2.24, 2.45) is 0 Å². The van der Waals surface area contributed by atoms with Crippen LogP contribution < -0.4 is 0 Å². The van der Waals surface area contributed by atoms with Crippen LogP contribution in [0.25, 0.3) is 0 Å². The van der Waals surface area contributed by atoms with E-state index in [-0.39, 0.29) is 48.1 Å². The van der Waals surface area contributed by atoms with E-state index in [1.807, 2.05) is 4.90 Å². The zero-order chi connectivity index (χ0) is 7.98. The van der Waals surface area contributed by atoms with Crippen LogP contribution in [0.3, 0.4) is 0 Å². The molecule has 0 fully saturated rings. The second-order valence-electron chi connectivity index (χ2n) is 1.76. The fraction of sp³-hybridized carbons (Fsp3) is 0.286. The molecule has 0 aromatic heterocycles. The Morgan fingerprint density at radius 1 is 1.23 bits per heavy atom. The Morgan fingerprint density at radius 2 is 1.54 bits per heavy atom. The van der Waals surface area contributed by atoms with Gasteiger partial charge < -0.3 is 4.90 Å². The van der Waals surface area contributed by atoms with E-state index in [0.29, 0.717) is 4.32 Å². The van der Waals surface area contributed by atoms with Gasteiger partial charge in [-0.1, -0.05) is 24.4 Å². The first-order valence-corrected chi connectivity index (χ1v) is 3.77. The Hall–Kier alpha value is 1.11. The van der Waals surface area contributed by atoms with Gasteiger partial charge in [-0.25, -0.2) is 0 Å². The monoisotopic (exact) mass is 339 g/mol. The average Bonchev–Trinajstić information content (AvgIpc) is 1.87. The Labute approximate surface area is 120 Å². The van der Waals surface area contributed by atoms with Crippen molar-refractivity contribution in [1.29, 1.82) is 0 Å². The van der Waals surface area contributed by atoms with E-state index in [1.54, 1.807) is 12.2 Å². The molecule has 0 aliphatic carbocycles. The summed E-state index contributed by atoms with van der Waals surface area (Å²) in [5.41, 5.74) is 0. The summed E-state index contributed by atoms with van der Waals surface area (Å²) in [7, 11) is 0. The van der Waals surface area contributed by atoms with Crippen LogP contribution in [0.4, 0.5) is 0 Å². The van der Waals surface area contributed by atoms with Gasteiger partial charge in [-0.05, 0) is 0 Å². The van der Waals surface area contributed by atoms with Gasteiger partial charge in [-0.15, -0.1) is 25.8 Å². The first-order chi connectivity index (χ1) is 4.72. The SMILES string of the molecule is C=CCN(CC=C)C(=S)S.S.S.[Mo]. The van der Waals surface area contributed by atoms with E-state index in [9.17, 15) is 0 Å². The first-order valence-electron chi connectivity index (χ1n) is 2.92. The van der Waals surface area contributed by atoms with Crippen LogP contribution in [-0.2, 0) is 21.1 Å². The van der Waals surface area contributed by atoms with Crippen LogP contribution in [0, 0.1) is 0 Å². The molecule has 0 spiro atoms. The molecule has 0 bridgehead atoms. The van der Waals surface area contributed by atoms with E-state index >= 15 is 0 Å². The maximum Gasteiger partial charge on any atom is 0.133 e. The number of nitrogens with zero attached hydrogens (tertiary/aromatic N) is 1. The summed E-state index contributed by atoms with van der Waals surface area (Å²) in [5.74, 6) is 0. The van der Waals surface area contributed by atoms with Crippen molar-refractivity contribution in [3.05, 3.63) is 25.3 Å². The smallest absolute Gasteiger partial charge is 0.133 e. The summed E-state index contributed by atoms with van der Waals surface area (Å²) in [6.07, 6.45) is 3.57. The molecule has 0 atom stereocenters. The standard InChI is InChI=1S/C7H11NS2.Mo.2H2S/c1-3-5-8(6-4-2)7(9)10;;;/h3-4H,1-2,5-6H2,(H,9,10);;2*1H2. The molecule has 0 aliphatic heterocycles. The molecule has 6 heteroatoms. The van der Waals surface area contributed by atoms with Crippen LogP contribution in [-0.4, -0.2) is 22.3 Å². The number of thiol groups is 1. The molecule has 0 heterocycles. The average molecular weight is 337 g/mol. The molecule has 0 N–H and O–H groups in total. The molecule has 1 nitrogen and oxygen atoms in total. The number of hydrogen-bond donors (Lipinski definition) is 1. The maximum absolute atomic E-state index is 4.84. The molecule has 0 radical (unpaired) electrons. The largest absolute Gasteiger partial charge is 0.350 e. The zero-order valence-corrected chi connectivity index (χ0v) is 12.9. The molecule has 0 saturated heterocycles. The van der Waals surface area contributed by atoms with Gasteiger partial charge in [0.25, 0.3) is 0 Å². The third-order valence-electron chi connectivity index (χ3n) is 0.969. The van der Waals surface area contributed by atoms with Crippen molar-refractivity contribution in [3.63, 3.8) is 0 Å². The van der Waals surface area contributed by atoms with Gasteiger partial charge in [-0.2, -0.15) is 27.0 Å². The summed E-state index contributed by atoms with van der Waals surface area (Å²) in [6, 6.07) is 0. The Kier molecular flexibility index (Phi) is 28.4. The third-order valence-corrected chi connectivity index (χ3v) is 1.51. The van der Waals surface area contributed by atoms with Crippen molar-refractivity contribution in [2.45, 2.75) is 0 Å². The van der Waals surface area contributed by atoms with E-state index in [0.717, 1.165) is 13.1 Å². The molecule has 13 heavy (non-hydrogen) atoms. The molecular formula is C7H15MoNS4. The molecule has 0 aliphatic rings. The van der Waals surface area contributed by atoms with Gasteiger partial charge >= 0.3 is 0 Å². The fourth-order valence-corrected chi connectivity index (χ4v) is 0.855. The molecule has 0 aromatic rings. The second kappa shape index (κ2) is 15.6. The Bertz CT molecular complexity index is 141. The molecule has 0 amide bonds. The predicted octanol–water partition coefficient (Wildman–Crippen LogP) is 2.10. The Balaban J connectivity index is -0.000000135. The molecule has 0 rings (SSSR count). The minimum atomic E-state index is 0. The van der Waals surface area contributed by atoms with Crippen molar-refractivity contribution in [1.82, 2.24) is 4.90 Å². The minimum absolute atomic E-state index is 0. The van der Waals surface area contributed by atoms with Crippen molar-refractivity contribution in [3.8, 4) is 0 Å². The predicted molar refractivity (Wildman–Crippen MR) is 74.3 cm³/mol. The van der Waals surface area contributed by atoms with Gasteiger partial charge in [0.05, 0.1) is 0 Å². The first kappa shape index (κ1) is 23.7. The molecule has 0 unspecified atom stereocenters. The summed E-state index contributed by atoms with van der Waals surface area (Å²) >= 11 is 8.87. The zero-order valence-electron chi connectivity index (χ0n) is 7.19. The quantitative estimate of drug-likeness (QED) is 0.362. The second-order valence-corrected chi connectivity index (χ2v) is 2.88. The van der Waals surface area contributed by atoms with Gasteiger partial charge in [0.1, 0.15) is 4.32 Å². The van der Waals surface area contributed by atoms with Crippen molar-refractivity contribution in [2.75, 3.05) is 13.1 Å². The molecule has 78 valence electrons. The summed E-state index contributed by atoms with van der Waals surface area (Å²) < 4.78 is 0.583. The van der Waals surface area contributed by atoms with Crippen LogP contribution in [0.2, 0.25) is 0 Å². The van der Waals surface area contributed by atoms with E-state index in [2.05, 4.69) is 25.8 Å². The van der Waals surface area contributed by atoms with Crippen LogP contribution in [0.15, 0.2) is 25.3 Å². The van der Waals surface area contributed by atoms with Crippen LogP contribution in [0.1, 0.15) is 0 Å². The Morgan fingerprint density at radius 3 is 1.69 bits per heavy atom. The van der Waals surface area contributed by atoms with Gasteiger partial charge in [0, 0.05) is 34.2 Å². The van der Waals surface area contributed by atoms with Gasteiger partial charge in [-0.3, -0.25) is 0 Å². The van der Waals surface area contributed by atoms with E-state index in [4.69, 9.17) is 12.2 Å². The summed E-state index contributed by atoms with van der Waals surface area (Å²) in [6.45, 7) is 8.65. The van der Waals surface area contributed by atoms with Gasteiger partial charge in [0.2, 0.25) is 0 Å². The third kappa shape index (κ3) is 13.1. The molecular weight excluding hydrogens is 322 g/mol. The minimum Gasteiger partial charge on any atom is -0.350 e. The number of rotatable bonds is 4. The maximum atomic E-state index is 4.84. The number of thiocarbonyl (C=S) groups is 1. The topological polar surface area (TPSA) is 3.24 Å². The van der Waals surface area contributed by atoms with Crippen LogP contribution >= 0.6 is 51.8 Å². The summed E-state index contributed by atoms with van der Waals surface area (Å²) in [4.78, 5) is 1.89. The van der Waals surface area contributed by atoms with Crippen LogP contribution in [0.5, 0.6) is 0 Å². The van der Waals surface area contributed by atoms with E-state index in [1.165, 1.54) is 0 Å². The summed E-state index contributed by atoms with van der Waals surface area (Å²) in [5, 5.41) is 0. The molecule has 0 saturated carbocycles.